The minimum Gasteiger partial charge on any atom is -0.383 e. The summed E-state index contributed by atoms with van der Waals surface area (Å²) < 4.78 is 25.8. The highest BCUT2D eigenvalue weighted by Crippen LogP contribution is 2.45. The monoisotopic (exact) mass is 504 g/mol. The Balaban J connectivity index is 1.70. The molecular formula is C26H37ClN4O2S. The maximum absolute atomic E-state index is 12.1. The fourth-order valence-electron chi connectivity index (χ4n) is 5.50. The van der Waals surface area contributed by atoms with Crippen molar-refractivity contribution in [2.45, 2.75) is 38.1 Å². The number of rotatable bonds is 8. The molecule has 0 aromatic heterocycles. The number of fused-ring (bicyclic) bond motifs is 2. The highest BCUT2D eigenvalue weighted by Gasteiger charge is 2.39. The third kappa shape index (κ3) is 5.54. The van der Waals surface area contributed by atoms with E-state index in [1.165, 1.54) is 28.7 Å². The molecule has 2 atom stereocenters. The molecule has 1 aromatic rings. The molecule has 186 valence electrons. The number of hydrogen-bond donors (Lipinski definition) is 2. The summed E-state index contributed by atoms with van der Waals surface area (Å²) in [6.45, 7) is 6.18. The summed E-state index contributed by atoms with van der Waals surface area (Å²) in [5, 5.41) is 7.87. The lowest BCUT2D eigenvalue weighted by Gasteiger charge is -2.40. The van der Waals surface area contributed by atoms with Gasteiger partial charge in [0.05, 0.1) is 12.3 Å². The van der Waals surface area contributed by atoms with Crippen LogP contribution >= 0.6 is 11.6 Å². The van der Waals surface area contributed by atoms with Crippen LogP contribution in [0, 0.1) is 5.92 Å². The largest absolute Gasteiger partial charge is 0.383 e. The van der Waals surface area contributed by atoms with E-state index in [0.717, 1.165) is 43.9 Å². The van der Waals surface area contributed by atoms with E-state index in [2.05, 4.69) is 59.9 Å². The topological polar surface area (TPSA) is 64.7 Å². The second kappa shape index (κ2) is 10.9. The number of halogens is 1. The fraction of sp³-hybridized carbons (Fsp3) is 0.538. The molecule has 1 aromatic carbocycles. The number of allylic oxidation sites excluding steroid dienone is 2. The van der Waals surface area contributed by atoms with Crippen molar-refractivity contribution in [3.63, 3.8) is 0 Å². The van der Waals surface area contributed by atoms with Gasteiger partial charge in [-0.15, -0.1) is 0 Å². The van der Waals surface area contributed by atoms with Crippen molar-refractivity contribution in [3.05, 3.63) is 64.3 Å². The smallest absolute Gasteiger partial charge is 0.211 e. The van der Waals surface area contributed by atoms with Crippen LogP contribution in [0.25, 0.3) is 5.70 Å². The molecule has 2 heterocycles. The molecule has 2 aliphatic heterocycles. The van der Waals surface area contributed by atoms with Gasteiger partial charge >= 0.3 is 0 Å². The molecule has 8 heteroatoms. The Hall–Kier alpha value is -1.80. The van der Waals surface area contributed by atoms with E-state index in [-0.39, 0.29) is 12.0 Å². The van der Waals surface area contributed by atoms with Crippen LogP contribution in [0.2, 0.25) is 5.02 Å². The number of nitrogens with zero attached hydrogens (tertiary/aromatic N) is 2. The minimum absolute atomic E-state index is 0.142. The van der Waals surface area contributed by atoms with E-state index in [0.29, 0.717) is 19.0 Å². The first kappa shape index (κ1) is 25.3. The number of nitrogens with one attached hydrogen (secondary N) is 2. The lowest BCUT2D eigenvalue weighted by atomic mass is 9.73. The lowest BCUT2D eigenvalue weighted by molar-refractivity contribution is 0.229. The molecule has 2 unspecified atom stereocenters. The SMILES string of the molecule is CCCNCCN(C)C1=CC2=CC=CNC2C(C2CCN(S(C)(=O)=O)CC2)c2ccc(Cl)cc21. The Morgan fingerprint density at radius 2 is 2.00 bits per heavy atom. The van der Waals surface area contributed by atoms with Crippen LogP contribution < -0.4 is 10.6 Å². The van der Waals surface area contributed by atoms with Crippen molar-refractivity contribution in [3.8, 4) is 0 Å². The Labute approximate surface area is 209 Å². The molecule has 0 radical (unpaired) electrons. The molecule has 0 saturated carbocycles. The second-order valence-corrected chi connectivity index (χ2v) is 12.0. The van der Waals surface area contributed by atoms with Gasteiger partial charge < -0.3 is 15.5 Å². The third-order valence-corrected chi connectivity index (χ3v) is 8.81. The van der Waals surface area contributed by atoms with Gasteiger partial charge in [-0.05, 0) is 73.3 Å². The maximum atomic E-state index is 12.1. The Kier molecular flexibility index (Phi) is 8.08. The van der Waals surface area contributed by atoms with Crippen LogP contribution in [0.5, 0.6) is 0 Å². The average Bonchev–Trinajstić information content (AvgIpc) is 2.95. The highest BCUT2D eigenvalue weighted by molar-refractivity contribution is 7.88. The predicted octanol–water partition coefficient (Wildman–Crippen LogP) is 3.79. The summed E-state index contributed by atoms with van der Waals surface area (Å²) in [4.78, 5) is 2.32. The van der Waals surface area contributed by atoms with Crippen molar-refractivity contribution in [2.24, 2.45) is 5.92 Å². The van der Waals surface area contributed by atoms with E-state index >= 15 is 0 Å². The molecule has 1 fully saturated rings. The standard InChI is InChI=1S/C26H37ClN4O2S/c1-4-11-28-13-16-30(2)24-17-20-6-5-12-29-26(20)25(22-8-7-21(27)18-23(22)24)19-9-14-31(15-10-19)34(3,32)33/h5-8,12,17-19,25-26,28-29H,4,9-11,13-16H2,1-3H3. The van der Waals surface area contributed by atoms with E-state index in [9.17, 15) is 8.42 Å². The van der Waals surface area contributed by atoms with Crippen LogP contribution in [0.4, 0.5) is 0 Å². The Morgan fingerprint density at radius 3 is 2.71 bits per heavy atom. The molecule has 1 aliphatic carbocycles. The van der Waals surface area contributed by atoms with Crippen LogP contribution in [-0.4, -0.2) is 69.7 Å². The first-order chi connectivity index (χ1) is 16.3. The predicted molar refractivity (Wildman–Crippen MR) is 141 cm³/mol. The van der Waals surface area contributed by atoms with Crippen molar-refractivity contribution in [2.75, 3.05) is 46.0 Å². The molecule has 4 rings (SSSR count). The fourth-order valence-corrected chi connectivity index (χ4v) is 6.55. The first-order valence-electron chi connectivity index (χ1n) is 12.3. The number of dihydropyridines is 1. The third-order valence-electron chi connectivity index (χ3n) is 7.27. The minimum atomic E-state index is -3.16. The number of likely N-dealkylation sites (N-methyl/N-ethyl adjacent to an activating group) is 1. The van der Waals surface area contributed by atoms with Gasteiger partial charge in [0, 0.05) is 55.4 Å². The summed E-state index contributed by atoms with van der Waals surface area (Å²) in [6.07, 6.45) is 12.7. The van der Waals surface area contributed by atoms with Crippen LogP contribution in [0.1, 0.15) is 43.2 Å². The van der Waals surface area contributed by atoms with Gasteiger partial charge in [-0.2, -0.15) is 0 Å². The van der Waals surface area contributed by atoms with Gasteiger partial charge in [-0.25, -0.2) is 12.7 Å². The van der Waals surface area contributed by atoms with Gasteiger partial charge in [-0.3, -0.25) is 0 Å². The summed E-state index contributed by atoms with van der Waals surface area (Å²) in [7, 11) is -1.01. The van der Waals surface area contributed by atoms with Crippen LogP contribution in [0.3, 0.4) is 0 Å². The Morgan fingerprint density at radius 1 is 1.24 bits per heavy atom. The van der Waals surface area contributed by atoms with E-state index < -0.39 is 10.0 Å². The summed E-state index contributed by atoms with van der Waals surface area (Å²) in [5.41, 5.74) is 4.91. The molecule has 0 spiro atoms. The molecule has 0 bridgehead atoms. The normalized spacial score (nSPS) is 23.3. The van der Waals surface area contributed by atoms with Gasteiger partial charge in [0.1, 0.15) is 0 Å². The van der Waals surface area contributed by atoms with Gasteiger partial charge in [0.25, 0.3) is 0 Å². The number of piperidine rings is 1. The maximum Gasteiger partial charge on any atom is 0.211 e. The van der Waals surface area contributed by atoms with Crippen LogP contribution in [-0.2, 0) is 10.0 Å². The molecule has 3 aliphatic rings. The van der Waals surface area contributed by atoms with Gasteiger partial charge in [-0.1, -0.05) is 30.7 Å². The number of sulfonamides is 1. The quantitative estimate of drug-likeness (QED) is 0.527. The average molecular weight is 505 g/mol. The summed E-state index contributed by atoms with van der Waals surface area (Å²) in [5.74, 6) is 0.597. The highest BCUT2D eigenvalue weighted by atomic mass is 35.5. The van der Waals surface area contributed by atoms with Crippen molar-refractivity contribution >= 4 is 27.3 Å². The number of hydrogen-bond acceptors (Lipinski definition) is 5. The van der Waals surface area contributed by atoms with Crippen molar-refractivity contribution in [1.29, 1.82) is 0 Å². The van der Waals surface area contributed by atoms with E-state index in [1.54, 1.807) is 4.31 Å². The molecule has 2 N–H and O–H groups in total. The van der Waals surface area contributed by atoms with Crippen LogP contribution in [0.15, 0.2) is 48.2 Å². The summed E-state index contributed by atoms with van der Waals surface area (Å²) >= 11 is 6.53. The van der Waals surface area contributed by atoms with E-state index in [4.69, 9.17) is 11.6 Å². The first-order valence-corrected chi connectivity index (χ1v) is 14.5. The van der Waals surface area contributed by atoms with Gasteiger partial charge in [0.2, 0.25) is 10.0 Å². The molecule has 6 nitrogen and oxygen atoms in total. The molecule has 0 amide bonds. The lowest BCUT2D eigenvalue weighted by Crippen LogP contribution is -2.44. The van der Waals surface area contributed by atoms with Crippen molar-refractivity contribution in [1.82, 2.24) is 19.8 Å². The second-order valence-electron chi connectivity index (χ2n) is 9.63. The van der Waals surface area contributed by atoms with Crippen molar-refractivity contribution < 1.29 is 8.42 Å². The van der Waals surface area contributed by atoms with Gasteiger partial charge in [0.15, 0.2) is 0 Å². The molecule has 34 heavy (non-hydrogen) atoms. The molecule has 1 saturated heterocycles. The zero-order valence-electron chi connectivity index (χ0n) is 20.4. The Bertz CT molecular complexity index is 1070. The van der Waals surface area contributed by atoms with E-state index in [1.807, 2.05) is 12.3 Å². The number of benzene rings is 1. The zero-order chi connectivity index (χ0) is 24.3. The molecular weight excluding hydrogens is 468 g/mol. The summed E-state index contributed by atoms with van der Waals surface area (Å²) in [6, 6.07) is 6.42. The zero-order valence-corrected chi connectivity index (χ0v) is 22.0.